The molecule has 3 aromatic heterocycles. The van der Waals surface area contributed by atoms with Crippen molar-refractivity contribution in [3.05, 3.63) is 57.9 Å². The van der Waals surface area contributed by atoms with Crippen LogP contribution < -0.4 is 10.6 Å². The van der Waals surface area contributed by atoms with E-state index in [4.69, 9.17) is 16.6 Å². The van der Waals surface area contributed by atoms with E-state index >= 15 is 0 Å². The first-order valence-electron chi connectivity index (χ1n) is 10.8. The lowest BCUT2D eigenvalue weighted by Crippen LogP contribution is -2.43. The molecule has 0 saturated heterocycles. The molecule has 176 valence electrons. The number of nitrogens with zero attached hydrogens (tertiary/aromatic N) is 4. The molecule has 0 aliphatic heterocycles. The lowest BCUT2D eigenvalue weighted by atomic mass is 9.88. The maximum absolute atomic E-state index is 14.8. The van der Waals surface area contributed by atoms with Crippen molar-refractivity contribution in [2.75, 3.05) is 12.4 Å². The lowest BCUT2D eigenvalue weighted by molar-refractivity contribution is 0.0747. The predicted molar refractivity (Wildman–Crippen MR) is 130 cm³/mol. The van der Waals surface area contributed by atoms with Gasteiger partial charge in [-0.2, -0.15) is 0 Å². The Kier molecular flexibility index (Phi) is 6.20. The average Bonchev–Trinajstić information content (AvgIpc) is 3.42. The van der Waals surface area contributed by atoms with E-state index in [-0.39, 0.29) is 28.8 Å². The lowest BCUT2D eigenvalue weighted by Gasteiger charge is -2.34. The molecule has 4 aromatic rings. The quantitative estimate of drug-likeness (QED) is 0.378. The molecule has 1 amide bonds. The van der Waals surface area contributed by atoms with Crippen LogP contribution in [0.1, 0.15) is 35.1 Å². The molecule has 34 heavy (non-hydrogen) atoms. The third-order valence-electron chi connectivity index (χ3n) is 5.98. The minimum absolute atomic E-state index is 0.236. The number of benzene rings is 1. The van der Waals surface area contributed by atoms with Crippen LogP contribution in [0.25, 0.3) is 22.4 Å². The molecule has 5 rings (SSSR count). The summed E-state index contributed by atoms with van der Waals surface area (Å²) in [6, 6.07) is 7.79. The van der Waals surface area contributed by atoms with Crippen LogP contribution in [0.2, 0.25) is 4.34 Å². The first-order chi connectivity index (χ1) is 16.4. The maximum atomic E-state index is 14.8. The van der Waals surface area contributed by atoms with E-state index in [1.165, 1.54) is 12.3 Å². The zero-order valence-electron chi connectivity index (χ0n) is 18.2. The Bertz CT molecular complexity index is 1360. The topological polar surface area (TPSA) is 105 Å². The number of aromatic nitrogens is 4. The third kappa shape index (κ3) is 4.36. The van der Waals surface area contributed by atoms with Crippen LogP contribution in [0.3, 0.4) is 0 Å². The summed E-state index contributed by atoms with van der Waals surface area (Å²) >= 11 is 7.01. The van der Waals surface area contributed by atoms with Crippen LogP contribution in [0.15, 0.2) is 42.7 Å². The van der Waals surface area contributed by atoms with Gasteiger partial charge in [-0.3, -0.25) is 4.79 Å². The highest BCUT2D eigenvalue weighted by Crippen LogP contribution is 2.37. The number of aliphatic hydroxyl groups excluding tert-OH is 1. The summed E-state index contributed by atoms with van der Waals surface area (Å²) in [6.45, 7) is 0. The number of halogens is 2. The molecular formula is C23H22ClFN6O2S. The summed E-state index contributed by atoms with van der Waals surface area (Å²) in [5, 5.41) is 17.0. The summed E-state index contributed by atoms with van der Waals surface area (Å²) in [7, 11) is 1.77. The fourth-order valence-electron chi connectivity index (χ4n) is 4.53. The van der Waals surface area contributed by atoms with Crippen LogP contribution in [0, 0.1) is 5.82 Å². The van der Waals surface area contributed by atoms with E-state index in [0.29, 0.717) is 46.3 Å². The number of fused-ring (bicyclic) bond motifs is 1. The standard InChI is InChI=1S/C23H22ClFN6O2S/c1-26-20-9-18-17(10-27-20)30-21(15-4-2-3-5-16(15)25)31(18)13-6-12(7-14(32)8-13)29-22(33)23-28-11-19(24)34-23/h2-5,9-14,32H,6-8H2,1H3,(H,26,27)(H,29,33)/t12-,13+,14+/m0/s1. The van der Waals surface area contributed by atoms with Crippen LogP contribution in [-0.2, 0) is 0 Å². The second-order valence-corrected chi connectivity index (χ2v) is 9.91. The monoisotopic (exact) mass is 500 g/mol. The molecule has 1 aliphatic rings. The largest absolute Gasteiger partial charge is 0.393 e. The zero-order valence-corrected chi connectivity index (χ0v) is 19.8. The molecule has 0 spiro atoms. The first kappa shape index (κ1) is 22.7. The number of anilines is 1. The van der Waals surface area contributed by atoms with Gasteiger partial charge in [0.2, 0.25) is 0 Å². The number of carbonyl (C=O) groups excluding carboxylic acids is 1. The van der Waals surface area contributed by atoms with E-state index < -0.39 is 6.10 Å². The molecule has 11 heteroatoms. The minimum atomic E-state index is -0.652. The Morgan fingerprint density at radius 3 is 2.79 bits per heavy atom. The summed E-state index contributed by atoms with van der Waals surface area (Å²) in [4.78, 5) is 25.7. The summed E-state index contributed by atoms with van der Waals surface area (Å²) in [5.41, 5.74) is 1.76. The fraction of sp³-hybridized carbons (Fsp3) is 0.304. The van der Waals surface area contributed by atoms with Crippen LogP contribution in [-0.4, -0.2) is 49.7 Å². The van der Waals surface area contributed by atoms with E-state index in [1.54, 1.807) is 31.4 Å². The number of hydrogen-bond donors (Lipinski definition) is 3. The Balaban J connectivity index is 1.54. The van der Waals surface area contributed by atoms with Gasteiger partial charge in [0.05, 0.1) is 29.6 Å². The fourth-order valence-corrected chi connectivity index (χ4v) is 5.35. The highest BCUT2D eigenvalue weighted by Gasteiger charge is 2.33. The molecule has 0 bridgehead atoms. The molecule has 1 aliphatic carbocycles. The summed E-state index contributed by atoms with van der Waals surface area (Å²) in [5.74, 6) is 0.388. The summed E-state index contributed by atoms with van der Waals surface area (Å²) in [6.07, 6.45) is 3.82. The molecule has 3 heterocycles. The second-order valence-electron chi connectivity index (χ2n) is 8.25. The van der Waals surface area contributed by atoms with Gasteiger partial charge in [0.25, 0.3) is 5.91 Å². The van der Waals surface area contributed by atoms with Gasteiger partial charge in [0, 0.05) is 25.2 Å². The smallest absolute Gasteiger partial charge is 0.280 e. The van der Waals surface area contributed by atoms with Crippen LogP contribution in [0.4, 0.5) is 10.2 Å². The number of pyridine rings is 1. The first-order valence-corrected chi connectivity index (χ1v) is 12.0. The number of amides is 1. The van der Waals surface area contributed by atoms with Crippen LogP contribution in [0.5, 0.6) is 0 Å². The van der Waals surface area contributed by atoms with Crippen molar-refractivity contribution < 1.29 is 14.3 Å². The van der Waals surface area contributed by atoms with Crippen molar-refractivity contribution in [1.29, 1.82) is 0 Å². The predicted octanol–water partition coefficient (Wildman–Crippen LogP) is 4.27. The number of thiazole rings is 1. The number of carbonyl (C=O) groups is 1. The van der Waals surface area contributed by atoms with Crippen molar-refractivity contribution in [3.63, 3.8) is 0 Å². The number of hydrogen-bond acceptors (Lipinski definition) is 7. The van der Waals surface area contributed by atoms with Gasteiger partial charge >= 0.3 is 0 Å². The molecule has 3 atom stereocenters. The maximum Gasteiger partial charge on any atom is 0.280 e. The number of rotatable bonds is 5. The van der Waals surface area contributed by atoms with Gasteiger partial charge in [0.1, 0.15) is 27.3 Å². The van der Waals surface area contributed by atoms with Crippen molar-refractivity contribution in [1.82, 2.24) is 24.8 Å². The van der Waals surface area contributed by atoms with E-state index in [9.17, 15) is 14.3 Å². The second kappa shape index (κ2) is 9.28. The number of nitrogens with one attached hydrogen (secondary N) is 2. The Hall–Kier alpha value is -3.08. The van der Waals surface area contributed by atoms with Crippen molar-refractivity contribution in [3.8, 4) is 11.4 Å². The van der Waals surface area contributed by atoms with Gasteiger partial charge in [-0.25, -0.2) is 19.3 Å². The minimum Gasteiger partial charge on any atom is -0.393 e. The Morgan fingerprint density at radius 1 is 1.24 bits per heavy atom. The van der Waals surface area contributed by atoms with Gasteiger partial charge in [-0.05, 0) is 31.4 Å². The van der Waals surface area contributed by atoms with E-state index in [0.717, 1.165) is 16.9 Å². The highest BCUT2D eigenvalue weighted by molar-refractivity contribution is 7.17. The third-order valence-corrected chi connectivity index (χ3v) is 7.09. The normalized spacial score (nSPS) is 20.4. The van der Waals surface area contributed by atoms with Crippen LogP contribution >= 0.6 is 22.9 Å². The summed E-state index contributed by atoms with van der Waals surface area (Å²) < 4.78 is 17.2. The zero-order chi connectivity index (χ0) is 23.8. The highest BCUT2D eigenvalue weighted by atomic mass is 35.5. The van der Waals surface area contributed by atoms with Crippen molar-refractivity contribution >= 4 is 45.7 Å². The van der Waals surface area contributed by atoms with E-state index in [2.05, 4.69) is 20.6 Å². The average molecular weight is 501 g/mol. The van der Waals surface area contributed by atoms with Gasteiger partial charge in [-0.15, -0.1) is 0 Å². The van der Waals surface area contributed by atoms with Crippen molar-refractivity contribution in [2.45, 2.75) is 37.5 Å². The molecule has 0 unspecified atom stereocenters. The Morgan fingerprint density at radius 2 is 2.06 bits per heavy atom. The molecule has 8 nitrogen and oxygen atoms in total. The number of imidazole rings is 1. The van der Waals surface area contributed by atoms with Crippen molar-refractivity contribution in [2.24, 2.45) is 0 Å². The molecule has 3 N–H and O–H groups in total. The molecule has 1 fully saturated rings. The SMILES string of the molecule is CNc1cc2c(cn1)nc(-c1ccccc1F)n2[C@H]1C[C@H](O)C[C@@H](NC(=O)c2ncc(Cl)s2)C1. The van der Waals surface area contributed by atoms with E-state index in [1.807, 2.05) is 10.6 Å². The van der Waals surface area contributed by atoms with Gasteiger partial charge in [0.15, 0.2) is 5.01 Å². The molecular weight excluding hydrogens is 479 g/mol. The van der Waals surface area contributed by atoms with Gasteiger partial charge in [-0.1, -0.05) is 35.1 Å². The molecule has 1 saturated carbocycles. The number of aliphatic hydroxyl groups is 1. The molecule has 1 aromatic carbocycles. The molecule has 0 radical (unpaired) electrons. The Labute approximate surface area is 203 Å². The van der Waals surface area contributed by atoms with Gasteiger partial charge < -0.3 is 20.3 Å².